The van der Waals surface area contributed by atoms with Gasteiger partial charge < -0.3 is 4.90 Å². The van der Waals surface area contributed by atoms with Crippen molar-refractivity contribution in [2.45, 2.75) is 26.8 Å². The Morgan fingerprint density at radius 1 is 1.27 bits per heavy atom. The van der Waals surface area contributed by atoms with Gasteiger partial charge in [0.25, 0.3) is 0 Å². The molecule has 0 atom stereocenters. The maximum atomic E-state index is 2.41. The van der Waals surface area contributed by atoms with E-state index < -0.39 is 0 Å². The fourth-order valence-corrected chi connectivity index (χ4v) is 1.88. The fraction of sp³-hybridized carbons (Fsp3) is 0.429. The lowest BCUT2D eigenvalue weighted by Crippen LogP contribution is -2.22. The van der Waals surface area contributed by atoms with Gasteiger partial charge in [0.2, 0.25) is 0 Å². The zero-order valence-electron chi connectivity index (χ0n) is 9.61. The summed E-state index contributed by atoms with van der Waals surface area (Å²) in [5, 5.41) is 0. The predicted molar refractivity (Wildman–Crippen MR) is 65.3 cm³/mol. The Balaban J connectivity index is 2.00. The quantitative estimate of drug-likeness (QED) is 0.723. The summed E-state index contributed by atoms with van der Waals surface area (Å²) in [5.41, 5.74) is 2.82. The highest BCUT2D eigenvalue weighted by Crippen LogP contribution is 2.19. The minimum absolute atomic E-state index is 0.788. The van der Waals surface area contributed by atoms with E-state index in [4.69, 9.17) is 0 Å². The zero-order valence-corrected chi connectivity index (χ0v) is 9.61. The number of hydrogen-bond donors (Lipinski definition) is 0. The second kappa shape index (κ2) is 4.52. The van der Waals surface area contributed by atoms with Crippen molar-refractivity contribution < 1.29 is 0 Å². The molecule has 0 saturated heterocycles. The third-order valence-electron chi connectivity index (χ3n) is 2.89. The van der Waals surface area contributed by atoms with E-state index in [2.05, 4.69) is 55.3 Å². The van der Waals surface area contributed by atoms with E-state index >= 15 is 0 Å². The standard InChI is InChI=1S/C14H19N/c1-12(2)7-9-15-10-8-13-5-3-4-6-14(13)11-15/h3-6,8,10,12H,7,9,11H2,1-2H3. The number of hydrogen-bond acceptors (Lipinski definition) is 1. The molecule has 0 radical (unpaired) electrons. The van der Waals surface area contributed by atoms with E-state index in [9.17, 15) is 0 Å². The largest absolute Gasteiger partial charge is 0.373 e. The van der Waals surface area contributed by atoms with Crippen molar-refractivity contribution in [1.82, 2.24) is 4.90 Å². The second-order valence-electron chi connectivity index (χ2n) is 4.67. The summed E-state index contributed by atoms with van der Waals surface area (Å²) in [7, 11) is 0. The third kappa shape index (κ3) is 2.62. The van der Waals surface area contributed by atoms with Gasteiger partial charge in [0.15, 0.2) is 0 Å². The van der Waals surface area contributed by atoms with Gasteiger partial charge in [-0.05, 0) is 35.7 Å². The van der Waals surface area contributed by atoms with Gasteiger partial charge in [0, 0.05) is 13.1 Å². The van der Waals surface area contributed by atoms with Crippen molar-refractivity contribution in [3.63, 3.8) is 0 Å². The molecule has 0 bridgehead atoms. The SMILES string of the molecule is CC(C)CCN1C=Cc2ccccc2C1. The molecule has 1 aliphatic rings. The number of nitrogens with zero attached hydrogens (tertiary/aromatic N) is 1. The number of rotatable bonds is 3. The van der Waals surface area contributed by atoms with E-state index in [0.717, 1.165) is 12.5 Å². The Bertz CT molecular complexity index is 352. The molecule has 1 heterocycles. The van der Waals surface area contributed by atoms with Crippen molar-refractivity contribution in [3.8, 4) is 0 Å². The molecule has 0 unspecified atom stereocenters. The molecule has 0 saturated carbocycles. The van der Waals surface area contributed by atoms with Crippen LogP contribution < -0.4 is 0 Å². The Morgan fingerprint density at radius 3 is 2.87 bits per heavy atom. The molecule has 80 valence electrons. The molecule has 0 N–H and O–H groups in total. The van der Waals surface area contributed by atoms with Gasteiger partial charge in [-0.2, -0.15) is 0 Å². The summed E-state index contributed by atoms with van der Waals surface area (Å²) >= 11 is 0. The average Bonchev–Trinajstić information content (AvgIpc) is 2.26. The molecule has 0 amide bonds. The molecule has 0 aromatic heterocycles. The van der Waals surface area contributed by atoms with Crippen molar-refractivity contribution in [3.05, 3.63) is 41.6 Å². The summed E-state index contributed by atoms with van der Waals surface area (Å²) < 4.78 is 0. The van der Waals surface area contributed by atoms with Gasteiger partial charge >= 0.3 is 0 Å². The second-order valence-corrected chi connectivity index (χ2v) is 4.67. The van der Waals surface area contributed by atoms with Crippen LogP contribution in [0.3, 0.4) is 0 Å². The highest BCUT2D eigenvalue weighted by molar-refractivity contribution is 5.55. The normalized spacial score (nSPS) is 14.5. The molecule has 15 heavy (non-hydrogen) atoms. The fourth-order valence-electron chi connectivity index (χ4n) is 1.88. The Labute approximate surface area is 92.4 Å². The molecule has 0 aliphatic carbocycles. The molecule has 1 aromatic rings. The maximum absolute atomic E-state index is 2.41. The minimum Gasteiger partial charge on any atom is -0.373 e. The summed E-state index contributed by atoms with van der Waals surface area (Å²) in [6.45, 7) is 6.80. The molecule has 1 nitrogen and oxygen atoms in total. The third-order valence-corrected chi connectivity index (χ3v) is 2.89. The Morgan fingerprint density at radius 2 is 2.07 bits per heavy atom. The Kier molecular flexibility index (Phi) is 3.10. The lowest BCUT2D eigenvalue weighted by molar-refractivity contribution is 0.337. The molecular weight excluding hydrogens is 182 g/mol. The van der Waals surface area contributed by atoms with Crippen LogP contribution >= 0.6 is 0 Å². The molecule has 2 rings (SSSR count). The van der Waals surface area contributed by atoms with Crippen LogP contribution in [0.15, 0.2) is 30.5 Å². The predicted octanol–water partition coefficient (Wildman–Crippen LogP) is 3.52. The summed E-state index contributed by atoms with van der Waals surface area (Å²) in [4.78, 5) is 2.41. The topological polar surface area (TPSA) is 3.24 Å². The van der Waals surface area contributed by atoms with E-state index in [-0.39, 0.29) is 0 Å². The van der Waals surface area contributed by atoms with Crippen LogP contribution in [-0.4, -0.2) is 11.4 Å². The molecule has 1 heteroatoms. The average molecular weight is 201 g/mol. The van der Waals surface area contributed by atoms with Gasteiger partial charge in [-0.1, -0.05) is 38.1 Å². The highest BCUT2D eigenvalue weighted by atomic mass is 15.1. The van der Waals surface area contributed by atoms with Crippen LogP contribution in [0.1, 0.15) is 31.4 Å². The number of fused-ring (bicyclic) bond motifs is 1. The minimum atomic E-state index is 0.788. The summed E-state index contributed by atoms with van der Waals surface area (Å²) in [6, 6.07) is 8.64. The smallest absolute Gasteiger partial charge is 0.0429 e. The van der Waals surface area contributed by atoms with Crippen LogP contribution in [0, 0.1) is 5.92 Å². The van der Waals surface area contributed by atoms with Crippen molar-refractivity contribution in [1.29, 1.82) is 0 Å². The Hall–Kier alpha value is -1.24. The van der Waals surface area contributed by atoms with Gasteiger partial charge in [-0.3, -0.25) is 0 Å². The van der Waals surface area contributed by atoms with Gasteiger partial charge in [-0.15, -0.1) is 0 Å². The first-order valence-electron chi connectivity index (χ1n) is 5.76. The van der Waals surface area contributed by atoms with Crippen molar-refractivity contribution in [2.24, 2.45) is 5.92 Å². The highest BCUT2D eigenvalue weighted by Gasteiger charge is 2.09. The van der Waals surface area contributed by atoms with Crippen molar-refractivity contribution in [2.75, 3.05) is 6.54 Å². The number of benzene rings is 1. The first kappa shape index (κ1) is 10.3. The lowest BCUT2D eigenvalue weighted by atomic mass is 10.0. The molecule has 1 aromatic carbocycles. The van der Waals surface area contributed by atoms with Gasteiger partial charge in [0.05, 0.1) is 0 Å². The van der Waals surface area contributed by atoms with Crippen LogP contribution in [0.25, 0.3) is 6.08 Å². The van der Waals surface area contributed by atoms with Gasteiger partial charge in [0.1, 0.15) is 0 Å². The van der Waals surface area contributed by atoms with E-state index in [0.29, 0.717) is 0 Å². The lowest BCUT2D eigenvalue weighted by Gasteiger charge is -2.25. The first-order valence-corrected chi connectivity index (χ1v) is 5.76. The van der Waals surface area contributed by atoms with Gasteiger partial charge in [-0.25, -0.2) is 0 Å². The van der Waals surface area contributed by atoms with E-state index in [1.807, 2.05) is 0 Å². The maximum Gasteiger partial charge on any atom is 0.0429 e. The van der Waals surface area contributed by atoms with Crippen LogP contribution in [0.4, 0.5) is 0 Å². The van der Waals surface area contributed by atoms with Crippen LogP contribution in [0.5, 0.6) is 0 Å². The summed E-state index contributed by atoms with van der Waals surface area (Å²) in [6.07, 6.45) is 5.72. The molecule has 0 spiro atoms. The molecule has 1 aliphatic heterocycles. The van der Waals surface area contributed by atoms with Crippen molar-refractivity contribution >= 4 is 6.08 Å². The van der Waals surface area contributed by atoms with Crippen LogP contribution in [-0.2, 0) is 6.54 Å². The van der Waals surface area contributed by atoms with E-state index in [1.165, 1.54) is 24.1 Å². The molecular formula is C14H19N. The summed E-state index contributed by atoms with van der Waals surface area (Å²) in [5.74, 6) is 0.788. The molecule has 0 fully saturated rings. The van der Waals surface area contributed by atoms with E-state index in [1.54, 1.807) is 0 Å². The monoisotopic (exact) mass is 201 g/mol. The van der Waals surface area contributed by atoms with Crippen LogP contribution in [0.2, 0.25) is 0 Å². The zero-order chi connectivity index (χ0) is 10.7. The first-order chi connectivity index (χ1) is 7.25.